The third kappa shape index (κ3) is 4.90. The van der Waals surface area contributed by atoms with Crippen molar-refractivity contribution in [2.75, 3.05) is 30.9 Å². The van der Waals surface area contributed by atoms with Gasteiger partial charge in [-0.25, -0.2) is 4.98 Å². The Kier molecular flexibility index (Phi) is 6.50. The molecule has 7 heteroatoms. The van der Waals surface area contributed by atoms with Gasteiger partial charge < -0.3 is 10.2 Å². The minimum absolute atomic E-state index is 0.0904. The van der Waals surface area contributed by atoms with Crippen LogP contribution in [0.15, 0.2) is 78.9 Å². The first-order valence-electron chi connectivity index (χ1n) is 12.4. The molecule has 1 aliphatic rings. The third-order valence-corrected chi connectivity index (χ3v) is 8.95. The summed E-state index contributed by atoms with van der Waals surface area (Å²) in [5, 5.41) is 5.13. The van der Waals surface area contributed by atoms with Gasteiger partial charge >= 0.3 is 0 Å². The summed E-state index contributed by atoms with van der Waals surface area (Å²) in [4.78, 5) is 24.1. The maximum absolute atomic E-state index is 13.3. The molecule has 0 spiro atoms. The number of carbonyl (C=O) groups is 1. The van der Waals surface area contributed by atoms with E-state index < -0.39 is 0 Å². The second kappa shape index (κ2) is 10.1. The number of thiazole rings is 1. The molecule has 3 aromatic carbocycles. The van der Waals surface area contributed by atoms with Gasteiger partial charge in [0.1, 0.15) is 10.0 Å². The number of aromatic nitrogens is 1. The SMILES string of the molecule is CN(C)c1ccc(C(=O)Nc2sc3c(c2-c2nc4ccccc4s2)CCN(Cc2ccccc2)C3)cc1. The van der Waals surface area contributed by atoms with Crippen LogP contribution in [-0.4, -0.2) is 36.4 Å². The zero-order valence-electron chi connectivity index (χ0n) is 20.9. The van der Waals surface area contributed by atoms with Crippen molar-refractivity contribution >= 4 is 49.5 Å². The Morgan fingerprint density at radius 1 is 0.973 bits per heavy atom. The molecule has 0 atom stereocenters. The highest BCUT2D eigenvalue weighted by Gasteiger charge is 2.28. The van der Waals surface area contributed by atoms with E-state index in [1.54, 1.807) is 22.7 Å². The van der Waals surface area contributed by atoms with Crippen LogP contribution in [0.1, 0.15) is 26.4 Å². The topological polar surface area (TPSA) is 48.5 Å². The van der Waals surface area contributed by atoms with Crippen molar-refractivity contribution in [3.8, 4) is 10.6 Å². The van der Waals surface area contributed by atoms with Crippen LogP contribution < -0.4 is 10.2 Å². The van der Waals surface area contributed by atoms with E-state index in [1.165, 1.54) is 16.0 Å². The number of nitrogens with zero attached hydrogens (tertiary/aromatic N) is 3. The molecular weight excluding hydrogens is 496 g/mol. The first-order valence-corrected chi connectivity index (χ1v) is 14.0. The fourth-order valence-corrected chi connectivity index (χ4v) is 7.21. The zero-order chi connectivity index (χ0) is 25.4. The molecule has 0 saturated heterocycles. The van der Waals surface area contributed by atoms with Gasteiger partial charge in [0.15, 0.2) is 0 Å². The van der Waals surface area contributed by atoms with Gasteiger partial charge in [-0.1, -0.05) is 42.5 Å². The van der Waals surface area contributed by atoms with E-state index in [2.05, 4.69) is 58.7 Å². The fourth-order valence-electron chi connectivity index (χ4n) is 4.81. The van der Waals surface area contributed by atoms with Crippen LogP contribution in [0.4, 0.5) is 10.7 Å². The van der Waals surface area contributed by atoms with Crippen molar-refractivity contribution in [1.29, 1.82) is 0 Å². The molecule has 6 rings (SSSR count). The van der Waals surface area contributed by atoms with E-state index in [-0.39, 0.29) is 5.91 Å². The number of nitrogens with one attached hydrogen (secondary N) is 1. The van der Waals surface area contributed by atoms with E-state index in [9.17, 15) is 4.79 Å². The van der Waals surface area contributed by atoms with Crippen molar-refractivity contribution in [3.05, 3.63) is 100 Å². The second-order valence-corrected chi connectivity index (χ2v) is 11.7. The molecule has 0 fully saturated rings. The summed E-state index contributed by atoms with van der Waals surface area (Å²) in [7, 11) is 3.99. The Hall–Kier alpha value is -3.52. The largest absolute Gasteiger partial charge is 0.378 e. The van der Waals surface area contributed by atoms with Crippen LogP contribution in [0.2, 0.25) is 0 Å². The van der Waals surface area contributed by atoms with Gasteiger partial charge in [0.2, 0.25) is 0 Å². The number of hydrogen-bond acceptors (Lipinski definition) is 6. The summed E-state index contributed by atoms with van der Waals surface area (Å²) in [6, 6.07) is 26.6. The molecule has 5 nitrogen and oxygen atoms in total. The number of rotatable bonds is 6. The van der Waals surface area contributed by atoms with Crippen molar-refractivity contribution in [2.45, 2.75) is 19.5 Å². The van der Waals surface area contributed by atoms with Crippen molar-refractivity contribution in [2.24, 2.45) is 0 Å². The number of benzene rings is 3. The highest BCUT2D eigenvalue weighted by Crippen LogP contribution is 2.46. The molecule has 0 radical (unpaired) electrons. The summed E-state index contributed by atoms with van der Waals surface area (Å²) >= 11 is 3.40. The predicted molar refractivity (Wildman–Crippen MR) is 156 cm³/mol. The molecule has 3 heterocycles. The van der Waals surface area contributed by atoms with Crippen LogP contribution >= 0.6 is 22.7 Å². The lowest BCUT2D eigenvalue weighted by Crippen LogP contribution is -2.29. The van der Waals surface area contributed by atoms with E-state index in [0.717, 1.165) is 57.5 Å². The summed E-state index contributed by atoms with van der Waals surface area (Å²) in [5.41, 5.74) is 6.46. The normalized spacial score (nSPS) is 13.5. The first kappa shape index (κ1) is 23.9. The summed E-state index contributed by atoms with van der Waals surface area (Å²) < 4.78 is 1.16. The summed E-state index contributed by atoms with van der Waals surface area (Å²) in [6.45, 7) is 2.78. The number of carbonyl (C=O) groups excluding carboxylic acids is 1. The Morgan fingerprint density at radius 3 is 2.49 bits per heavy atom. The van der Waals surface area contributed by atoms with Crippen molar-refractivity contribution in [1.82, 2.24) is 9.88 Å². The van der Waals surface area contributed by atoms with Gasteiger partial charge in [-0.2, -0.15) is 0 Å². The van der Waals surface area contributed by atoms with Crippen molar-refractivity contribution in [3.63, 3.8) is 0 Å². The average Bonchev–Trinajstić information content (AvgIpc) is 3.49. The van der Waals surface area contributed by atoms with E-state index in [4.69, 9.17) is 4.98 Å². The molecule has 5 aromatic rings. The molecule has 1 amide bonds. The highest BCUT2D eigenvalue weighted by atomic mass is 32.1. The Bertz CT molecular complexity index is 1520. The van der Waals surface area contributed by atoms with Crippen LogP contribution in [0.3, 0.4) is 0 Å². The summed E-state index contributed by atoms with van der Waals surface area (Å²) in [6.07, 6.45) is 0.942. The van der Waals surface area contributed by atoms with Crippen LogP contribution in [0, 0.1) is 0 Å². The van der Waals surface area contributed by atoms with Crippen LogP contribution in [-0.2, 0) is 19.5 Å². The lowest BCUT2D eigenvalue weighted by molar-refractivity contribution is 0.102. The molecule has 0 saturated carbocycles. The molecule has 1 aliphatic heterocycles. The first-order chi connectivity index (χ1) is 18.0. The molecule has 0 bridgehead atoms. The monoisotopic (exact) mass is 524 g/mol. The van der Waals surface area contributed by atoms with E-state index in [0.29, 0.717) is 5.56 Å². The lowest BCUT2D eigenvalue weighted by Gasteiger charge is -2.27. The van der Waals surface area contributed by atoms with E-state index >= 15 is 0 Å². The number of thiophene rings is 1. The Labute approximate surface area is 225 Å². The highest BCUT2D eigenvalue weighted by molar-refractivity contribution is 7.23. The van der Waals surface area contributed by atoms with Gasteiger partial charge in [0, 0.05) is 55.4 Å². The number of fused-ring (bicyclic) bond motifs is 2. The van der Waals surface area contributed by atoms with Gasteiger partial charge in [-0.3, -0.25) is 9.69 Å². The van der Waals surface area contributed by atoms with Crippen molar-refractivity contribution < 1.29 is 4.79 Å². The minimum Gasteiger partial charge on any atom is -0.378 e. The molecule has 0 aliphatic carbocycles. The lowest BCUT2D eigenvalue weighted by atomic mass is 10.0. The average molecular weight is 525 g/mol. The maximum atomic E-state index is 13.3. The van der Waals surface area contributed by atoms with Gasteiger partial charge in [0.05, 0.1) is 10.2 Å². The smallest absolute Gasteiger partial charge is 0.256 e. The molecule has 186 valence electrons. The van der Waals surface area contributed by atoms with Crippen LogP contribution in [0.5, 0.6) is 0 Å². The number of hydrogen-bond donors (Lipinski definition) is 1. The molecular formula is C30H28N4OS2. The van der Waals surface area contributed by atoms with Crippen LogP contribution in [0.25, 0.3) is 20.8 Å². The van der Waals surface area contributed by atoms with Gasteiger partial charge in [-0.05, 0) is 53.9 Å². The number of anilines is 2. The van der Waals surface area contributed by atoms with Gasteiger partial charge in [0.25, 0.3) is 5.91 Å². The van der Waals surface area contributed by atoms with E-state index in [1.807, 2.05) is 49.3 Å². The number of para-hydroxylation sites is 1. The quantitative estimate of drug-likeness (QED) is 0.262. The Balaban J connectivity index is 1.34. The minimum atomic E-state index is -0.0904. The maximum Gasteiger partial charge on any atom is 0.256 e. The fraction of sp³-hybridized carbons (Fsp3) is 0.200. The Morgan fingerprint density at radius 2 is 1.73 bits per heavy atom. The molecule has 2 aromatic heterocycles. The third-order valence-electron chi connectivity index (χ3n) is 6.77. The molecule has 37 heavy (non-hydrogen) atoms. The standard InChI is InChI=1S/C30H28N4OS2/c1-33(2)22-14-12-21(13-15-22)28(35)32-30-27(29-31-24-10-6-7-11-25(24)36-29)23-16-17-34(19-26(23)37-30)18-20-8-4-3-5-9-20/h3-15H,16-19H2,1-2H3,(H,32,35). The molecule has 0 unspecified atom stereocenters. The zero-order valence-corrected chi connectivity index (χ0v) is 22.5. The summed E-state index contributed by atoms with van der Waals surface area (Å²) in [5.74, 6) is -0.0904. The molecule has 1 N–H and O–H groups in total. The second-order valence-electron chi connectivity index (χ2n) is 9.54. The predicted octanol–water partition coefficient (Wildman–Crippen LogP) is 6.90. The van der Waals surface area contributed by atoms with Gasteiger partial charge in [-0.15, -0.1) is 22.7 Å². The number of amides is 1.